The second-order valence-corrected chi connectivity index (χ2v) is 3.83. The zero-order chi connectivity index (χ0) is 11.1. The van der Waals surface area contributed by atoms with E-state index in [9.17, 15) is 4.79 Å². The van der Waals surface area contributed by atoms with Crippen LogP contribution in [0.15, 0.2) is 12.3 Å². The highest BCUT2D eigenvalue weighted by atomic mass is 16.5. The van der Waals surface area contributed by atoms with E-state index in [1.54, 1.807) is 6.20 Å². The number of esters is 1. The van der Waals surface area contributed by atoms with Crippen LogP contribution in [-0.4, -0.2) is 44.8 Å². The van der Waals surface area contributed by atoms with Gasteiger partial charge < -0.3 is 14.4 Å². The number of carbonyl (C=O) groups is 1. The number of nitrogens with zero attached hydrogens (tertiary/aromatic N) is 1. The van der Waals surface area contributed by atoms with Crippen LogP contribution in [0.2, 0.25) is 0 Å². The number of carbonyl (C=O) groups excluding carboxylic acids is 1. The third-order valence-electron chi connectivity index (χ3n) is 2.55. The second kappa shape index (κ2) is 6.45. The fourth-order valence-electron chi connectivity index (χ4n) is 1.65. The first-order chi connectivity index (χ1) is 7.22. The molecular weight excluding hydrogens is 194 g/mol. The molecule has 0 aromatic carbocycles. The van der Waals surface area contributed by atoms with Crippen molar-refractivity contribution in [2.24, 2.45) is 5.92 Å². The number of ether oxygens (including phenoxy) is 2. The molecule has 1 heterocycles. The lowest BCUT2D eigenvalue weighted by Crippen LogP contribution is -2.26. The summed E-state index contributed by atoms with van der Waals surface area (Å²) in [4.78, 5) is 12.9. The Morgan fingerprint density at radius 3 is 2.80 bits per heavy atom. The molecule has 1 aliphatic heterocycles. The molecule has 0 N–H and O–H groups in total. The lowest BCUT2D eigenvalue weighted by atomic mass is 10.0. The highest BCUT2D eigenvalue weighted by Crippen LogP contribution is 2.15. The molecule has 0 atom stereocenters. The molecule has 0 spiro atoms. The summed E-state index contributed by atoms with van der Waals surface area (Å²) in [6.45, 7) is 2.69. The number of hydrogen-bond acceptors (Lipinski definition) is 4. The quantitative estimate of drug-likeness (QED) is 0.516. The molecule has 0 bridgehead atoms. The number of methoxy groups -OCH3 is 1. The summed E-state index contributed by atoms with van der Waals surface area (Å²) in [5.41, 5.74) is 0. The van der Waals surface area contributed by atoms with Gasteiger partial charge in [0.25, 0.3) is 0 Å². The van der Waals surface area contributed by atoms with Gasteiger partial charge >= 0.3 is 5.97 Å². The largest absolute Gasteiger partial charge is 0.466 e. The molecule has 0 saturated carbocycles. The summed E-state index contributed by atoms with van der Waals surface area (Å²) in [6, 6.07) is 0. The highest BCUT2D eigenvalue weighted by molar-refractivity contribution is 5.81. The molecule has 0 radical (unpaired) electrons. The van der Waals surface area contributed by atoms with E-state index in [2.05, 4.69) is 4.74 Å². The average molecular weight is 213 g/mol. The molecule has 1 rings (SSSR count). The first-order valence-electron chi connectivity index (χ1n) is 5.26. The Labute approximate surface area is 90.8 Å². The van der Waals surface area contributed by atoms with Crippen LogP contribution in [0.3, 0.4) is 0 Å². The first-order valence-corrected chi connectivity index (χ1v) is 5.26. The lowest BCUT2D eigenvalue weighted by molar-refractivity contribution is -0.134. The van der Waals surface area contributed by atoms with Crippen LogP contribution in [0.1, 0.15) is 12.8 Å². The van der Waals surface area contributed by atoms with E-state index in [1.165, 1.54) is 13.2 Å². The van der Waals surface area contributed by atoms with Crippen LogP contribution in [-0.2, 0) is 14.3 Å². The van der Waals surface area contributed by atoms with Crippen molar-refractivity contribution in [2.45, 2.75) is 12.8 Å². The summed E-state index contributed by atoms with van der Waals surface area (Å²) in [7, 11) is 3.35. The Bertz CT molecular complexity index is 222. The van der Waals surface area contributed by atoms with Crippen LogP contribution in [0.25, 0.3) is 0 Å². The maximum Gasteiger partial charge on any atom is 0.331 e. The Morgan fingerprint density at radius 2 is 2.20 bits per heavy atom. The number of rotatable bonds is 4. The third-order valence-corrected chi connectivity index (χ3v) is 2.55. The van der Waals surface area contributed by atoms with Crippen molar-refractivity contribution < 1.29 is 14.3 Å². The van der Waals surface area contributed by atoms with Crippen molar-refractivity contribution in [1.82, 2.24) is 4.90 Å². The van der Waals surface area contributed by atoms with Gasteiger partial charge in [0.2, 0.25) is 0 Å². The molecule has 15 heavy (non-hydrogen) atoms. The van der Waals surface area contributed by atoms with Crippen LogP contribution in [0.4, 0.5) is 0 Å². The molecule has 4 heteroatoms. The Kier molecular flexibility index (Phi) is 5.18. The molecule has 86 valence electrons. The molecule has 1 saturated heterocycles. The summed E-state index contributed by atoms with van der Waals surface area (Å²) in [6.07, 6.45) is 5.42. The predicted molar refractivity (Wildman–Crippen MR) is 57.3 cm³/mol. The van der Waals surface area contributed by atoms with Crippen molar-refractivity contribution in [1.29, 1.82) is 0 Å². The van der Waals surface area contributed by atoms with Gasteiger partial charge in [-0.3, -0.25) is 0 Å². The van der Waals surface area contributed by atoms with E-state index in [4.69, 9.17) is 4.74 Å². The SMILES string of the molecule is COC(=O)C=CN(C)CC1CCOCC1. The minimum atomic E-state index is -0.311. The van der Waals surface area contributed by atoms with Gasteiger partial charge in [-0.2, -0.15) is 0 Å². The van der Waals surface area contributed by atoms with E-state index in [1.807, 2.05) is 11.9 Å². The fourth-order valence-corrected chi connectivity index (χ4v) is 1.65. The van der Waals surface area contributed by atoms with Crippen LogP contribution in [0, 0.1) is 5.92 Å². The van der Waals surface area contributed by atoms with Gasteiger partial charge in [0.1, 0.15) is 0 Å². The zero-order valence-corrected chi connectivity index (χ0v) is 9.44. The van der Waals surface area contributed by atoms with Crippen molar-refractivity contribution >= 4 is 5.97 Å². The van der Waals surface area contributed by atoms with Gasteiger partial charge in [-0.25, -0.2) is 4.79 Å². The maximum atomic E-state index is 10.9. The van der Waals surface area contributed by atoms with Crippen LogP contribution < -0.4 is 0 Å². The van der Waals surface area contributed by atoms with Gasteiger partial charge in [-0.1, -0.05) is 0 Å². The van der Waals surface area contributed by atoms with Gasteiger partial charge in [0.05, 0.1) is 7.11 Å². The van der Waals surface area contributed by atoms with Crippen molar-refractivity contribution in [3.8, 4) is 0 Å². The Hall–Kier alpha value is -1.03. The minimum absolute atomic E-state index is 0.311. The van der Waals surface area contributed by atoms with E-state index in [0.29, 0.717) is 5.92 Å². The van der Waals surface area contributed by atoms with Gasteiger partial charge in [-0.15, -0.1) is 0 Å². The van der Waals surface area contributed by atoms with E-state index >= 15 is 0 Å². The Morgan fingerprint density at radius 1 is 1.53 bits per heavy atom. The zero-order valence-electron chi connectivity index (χ0n) is 9.44. The second-order valence-electron chi connectivity index (χ2n) is 3.83. The third kappa shape index (κ3) is 4.83. The summed E-state index contributed by atoms with van der Waals surface area (Å²) in [5, 5.41) is 0. The predicted octanol–water partition coefficient (Wildman–Crippen LogP) is 1.03. The maximum absolute atomic E-state index is 10.9. The first kappa shape index (κ1) is 12.0. The van der Waals surface area contributed by atoms with Crippen LogP contribution >= 0.6 is 0 Å². The molecule has 4 nitrogen and oxygen atoms in total. The molecule has 0 unspecified atom stereocenters. The molecule has 0 amide bonds. The highest BCUT2D eigenvalue weighted by Gasteiger charge is 2.14. The van der Waals surface area contributed by atoms with Gasteiger partial charge in [0.15, 0.2) is 0 Å². The average Bonchev–Trinajstić information content (AvgIpc) is 2.27. The molecular formula is C11H19NO3. The fraction of sp³-hybridized carbons (Fsp3) is 0.727. The summed E-state index contributed by atoms with van der Waals surface area (Å²) < 4.78 is 9.80. The van der Waals surface area contributed by atoms with Crippen molar-refractivity contribution in [3.63, 3.8) is 0 Å². The molecule has 0 aliphatic carbocycles. The van der Waals surface area contributed by atoms with Crippen molar-refractivity contribution in [2.75, 3.05) is 33.9 Å². The molecule has 1 fully saturated rings. The molecule has 0 aromatic heterocycles. The van der Waals surface area contributed by atoms with E-state index < -0.39 is 0 Å². The monoisotopic (exact) mass is 213 g/mol. The van der Waals surface area contributed by atoms with E-state index in [0.717, 1.165) is 32.6 Å². The lowest BCUT2D eigenvalue weighted by Gasteiger charge is -2.26. The summed E-state index contributed by atoms with van der Waals surface area (Å²) in [5.74, 6) is 0.361. The normalized spacial score (nSPS) is 18.0. The standard InChI is InChI=1S/C11H19NO3/c1-12(6-3-11(13)14-2)9-10-4-7-15-8-5-10/h3,6,10H,4-5,7-9H2,1-2H3. The number of hydrogen-bond donors (Lipinski definition) is 0. The molecule has 0 aromatic rings. The van der Waals surface area contributed by atoms with Crippen molar-refractivity contribution in [3.05, 3.63) is 12.3 Å². The van der Waals surface area contributed by atoms with Crippen LogP contribution in [0.5, 0.6) is 0 Å². The minimum Gasteiger partial charge on any atom is -0.466 e. The topological polar surface area (TPSA) is 38.8 Å². The Balaban J connectivity index is 2.24. The smallest absolute Gasteiger partial charge is 0.331 e. The van der Waals surface area contributed by atoms with Gasteiger partial charge in [0, 0.05) is 39.1 Å². The molecule has 1 aliphatic rings. The van der Waals surface area contributed by atoms with Gasteiger partial charge in [-0.05, 0) is 18.8 Å². The van der Waals surface area contributed by atoms with E-state index in [-0.39, 0.29) is 5.97 Å². The summed E-state index contributed by atoms with van der Waals surface area (Å²) >= 11 is 0.